The third kappa shape index (κ3) is 8.35. The summed E-state index contributed by atoms with van der Waals surface area (Å²) in [5.41, 5.74) is -0.899. The Morgan fingerprint density at radius 2 is 1.76 bits per heavy atom. The van der Waals surface area contributed by atoms with Gasteiger partial charge in [0.25, 0.3) is 5.91 Å². The van der Waals surface area contributed by atoms with Gasteiger partial charge in [0.15, 0.2) is 5.82 Å². The van der Waals surface area contributed by atoms with Crippen molar-refractivity contribution in [2.24, 2.45) is 11.8 Å². The van der Waals surface area contributed by atoms with Crippen molar-refractivity contribution in [1.82, 2.24) is 10.2 Å². The van der Waals surface area contributed by atoms with Crippen LogP contribution in [0, 0.1) is 17.7 Å². The highest BCUT2D eigenvalue weighted by Gasteiger charge is 2.36. The maximum atomic E-state index is 14.5. The first-order valence-electron chi connectivity index (χ1n) is 14.6. The lowest BCUT2D eigenvalue weighted by atomic mass is 9.77. The fourth-order valence-electron chi connectivity index (χ4n) is 6.22. The number of anilines is 1. The monoisotopic (exact) mass is 579 g/mol. The van der Waals surface area contributed by atoms with Crippen LogP contribution in [0.25, 0.3) is 0 Å². The van der Waals surface area contributed by atoms with Gasteiger partial charge in [0.2, 0.25) is 0 Å². The number of aromatic hydroxyl groups is 1. The number of carbonyl (C=O) groups excluding carboxylic acids is 1. The number of para-hydroxylation sites is 1. The highest BCUT2D eigenvalue weighted by atomic mass is 19.4. The maximum Gasteiger partial charge on any atom is 0.419 e. The molecule has 2 aromatic carbocycles. The number of nitrogens with one attached hydrogen (secondary N) is 1. The third-order valence-electron chi connectivity index (χ3n) is 8.67. The molecule has 2 fully saturated rings. The number of alkyl halides is 3. The number of carbonyl (C=O) groups is 1. The first-order chi connectivity index (χ1) is 19.7. The predicted octanol–water partition coefficient (Wildman–Crippen LogP) is 6.09. The van der Waals surface area contributed by atoms with Crippen molar-refractivity contribution in [3.63, 3.8) is 0 Å². The lowest BCUT2D eigenvalue weighted by molar-refractivity contribution is -0.139. The summed E-state index contributed by atoms with van der Waals surface area (Å²) in [5, 5.41) is 12.7. The van der Waals surface area contributed by atoms with Gasteiger partial charge in [0.1, 0.15) is 5.75 Å². The molecule has 6 nitrogen and oxygen atoms in total. The topological polar surface area (TPSA) is 65.0 Å². The van der Waals surface area contributed by atoms with Crippen molar-refractivity contribution < 1.29 is 32.2 Å². The van der Waals surface area contributed by atoms with E-state index in [1.54, 1.807) is 30.2 Å². The summed E-state index contributed by atoms with van der Waals surface area (Å²) in [6, 6.07) is 9.99. The fraction of sp³-hybridized carbons (Fsp3) is 0.581. The molecule has 1 atom stereocenters. The Morgan fingerprint density at radius 3 is 2.41 bits per heavy atom. The van der Waals surface area contributed by atoms with Gasteiger partial charge >= 0.3 is 6.18 Å². The second-order valence-electron chi connectivity index (χ2n) is 11.2. The van der Waals surface area contributed by atoms with E-state index in [1.807, 2.05) is 0 Å². The SMILES string of the molecule is COC(CCCNC(=O)c1ccccc1O)C1CCC(CCN2CCN(c3cccc(C(F)(F)F)c3F)CC2)CC1. The second kappa shape index (κ2) is 14.4. The standard InChI is InChI=1S/C31H41F4N3O3/c1-41-28(10-5-16-36-30(40)24-6-2-3-9-27(24)39)23-13-11-22(12-14-23)15-17-37-18-20-38(21-19-37)26-8-4-7-25(29(26)32)31(33,34)35/h2-4,6-9,22-23,28,39H,5,10-21H2,1H3,(H,36,40). The van der Waals surface area contributed by atoms with Crippen LogP contribution in [0.4, 0.5) is 23.2 Å². The number of benzene rings is 2. The number of nitrogens with zero attached hydrogens (tertiary/aromatic N) is 2. The molecule has 2 aliphatic rings. The Morgan fingerprint density at radius 1 is 1.05 bits per heavy atom. The van der Waals surface area contributed by atoms with Crippen LogP contribution in [0.3, 0.4) is 0 Å². The van der Waals surface area contributed by atoms with Crippen LogP contribution in [0.5, 0.6) is 5.75 Å². The first kappa shape index (κ1) is 31.1. The number of hydrogen-bond donors (Lipinski definition) is 2. The molecule has 1 heterocycles. The summed E-state index contributed by atoms with van der Waals surface area (Å²) in [6.45, 7) is 3.89. The van der Waals surface area contributed by atoms with Gasteiger partial charge in [-0.2, -0.15) is 13.2 Å². The number of phenols is 1. The molecule has 4 rings (SSSR count). The van der Waals surface area contributed by atoms with E-state index in [4.69, 9.17) is 4.74 Å². The van der Waals surface area contributed by atoms with Crippen LogP contribution in [0.1, 0.15) is 60.9 Å². The van der Waals surface area contributed by atoms with Crippen molar-refractivity contribution in [2.75, 3.05) is 51.3 Å². The molecule has 41 heavy (non-hydrogen) atoms. The molecule has 1 aliphatic carbocycles. The van der Waals surface area contributed by atoms with E-state index >= 15 is 0 Å². The van der Waals surface area contributed by atoms with Gasteiger partial charge < -0.3 is 20.1 Å². The number of methoxy groups -OCH3 is 1. The van der Waals surface area contributed by atoms with Gasteiger partial charge in [-0.25, -0.2) is 4.39 Å². The van der Waals surface area contributed by atoms with E-state index in [-0.39, 0.29) is 29.0 Å². The lowest BCUT2D eigenvalue weighted by Gasteiger charge is -2.38. The van der Waals surface area contributed by atoms with E-state index in [2.05, 4.69) is 10.2 Å². The number of rotatable bonds is 11. The zero-order chi connectivity index (χ0) is 29.4. The highest BCUT2D eigenvalue weighted by molar-refractivity contribution is 5.96. The summed E-state index contributed by atoms with van der Waals surface area (Å²) in [4.78, 5) is 16.3. The molecule has 0 spiro atoms. The molecule has 0 aromatic heterocycles. The molecule has 0 bridgehead atoms. The van der Waals surface area contributed by atoms with Gasteiger partial charge in [0, 0.05) is 39.8 Å². The third-order valence-corrected chi connectivity index (χ3v) is 8.67. The Hall–Kier alpha value is -2.85. The largest absolute Gasteiger partial charge is 0.507 e. The fourth-order valence-corrected chi connectivity index (χ4v) is 6.22. The van der Waals surface area contributed by atoms with Crippen molar-refractivity contribution >= 4 is 11.6 Å². The van der Waals surface area contributed by atoms with Crippen molar-refractivity contribution in [3.05, 3.63) is 59.4 Å². The molecule has 226 valence electrons. The smallest absolute Gasteiger partial charge is 0.419 e. The molecule has 1 unspecified atom stereocenters. The summed E-state index contributed by atoms with van der Waals surface area (Å²) >= 11 is 0. The Kier molecular flexibility index (Phi) is 10.9. The molecule has 1 aliphatic heterocycles. The van der Waals surface area contributed by atoms with E-state index in [9.17, 15) is 27.5 Å². The number of halogens is 4. The van der Waals surface area contributed by atoms with Gasteiger partial charge in [-0.3, -0.25) is 9.69 Å². The minimum absolute atomic E-state index is 0.0238. The molecule has 1 amide bonds. The number of amides is 1. The van der Waals surface area contributed by atoms with Crippen LogP contribution in [-0.2, 0) is 10.9 Å². The van der Waals surface area contributed by atoms with Crippen molar-refractivity contribution in [1.29, 1.82) is 0 Å². The van der Waals surface area contributed by atoms with Crippen LogP contribution in [-0.4, -0.2) is 68.4 Å². The number of phenolic OH excluding ortho intramolecular Hbond substituents is 1. The van der Waals surface area contributed by atoms with Gasteiger partial charge in [-0.05, 0) is 74.8 Å². The van der Waals surface area contributed by atoms with E-state index in [0.717, 1.165) is 57.6 Å². The second-order valence-corrected chi connectivity index (χ2v) is 11.2. The summed E-state index contributed by atoms with van der Waals surface area (Å²) in [7, 11) is 1.75. The molecular weight excluding hydrogens is 538 g/mol. The van der Waals surface area contributed by atoms with Crippen LogP contribution >= 0.6 is 0 Å². The normalized spacial score (nSPS) is 21.0. The molecule has 2 N–H and O–H groups in total. The zero-order valence-corrected chi connectivity index (χ0v) is 23.6. The Labute approximate surface area is 239 Å². The Bertz CT molecular complexity index is 1130. The lowest BCUT2D eigenvalue weighted by Crippen LogP contribution is -2.47. The molecule has 2 aromatic rings. The van der Waals surface area contributed by atoms with E-state index in [1.165, 1.54) is 18.2 Å². The van der Waals surface area contributed by atoms with Crippen LogP contribution in [0.2, 0.25) is 0 Å². The molecular formula is C31H41F4N3O3. The van der Waals surface area contributed by atoms with Gasteiger partial charge in [-0.15, -0.1) is 0 Å². The minimum atomic E-state index is -4.70. The molecule has 1 saturated heterocycles. The van der Waals surface area contributed by atoms with Crippen molar-refractivity contribution in [3.8, 4) is 5.75 Å². The van der Waals surface area contributed by atoms with Crippen LogP contribution < -0.4 is 10.2 Å². The zero-order valence-electron chi connectivity index (χ0n) is 23.6. The number of ether oxygens (including phenoxy) is 1. The van der Waals surface area contributed by atoms with Gasteiger partial charge in [-0.1, -0.05) is 31.0 Å². The first-order valence-corrected chi connectivity index (χ1v) is 14.6. The quantitative estimate of drug-likeness (QED) is 0.249. The van der Waals surface area contributed by atoms with Crippen LogP contribution in [0.15, 0.2) is 42.5 Å². The number of piperazine rings is 1. The summed E-state index contributed by atoms with van der Waals surface area (Å²) in [6.07, 6.45) is 2.70. The average molecular weight is 580 g/mol. The molecule has 1 saturated carbocycles. The van der Waals surface area contributed by atoms with E-state index < -0.39 is 17.6 Å². The van der Waals surface area contributed by atoms with Gasteiger partial charge in [0.05, 0.1) is 22.9 Å². The molecule has 10 heteroatoms. The Balaban J connectivity index is 1.13. The predicted molar refractivity (Wildman–Crippen MR) is 151 cm³/mol. The minimum Gasteiger partial charge on any atom is -0.507 e. The maximum absolute atomic E-state index is 14.5. The van der Waals surface area contributed by atoms with E-state index in [0.29, 0.717) is 44.6 Å². The average Bonchev–Trinajstić information content (AvgIpc) is 2.96. The summed E-state index contributed by atoms with van der Waals surface area (Å²) in [5.74, 6) is -0.348. The number of hydrogen-bond acceptors (Lipinski definition) is 5. The molecule has 0 radical (unpaired) electrons. The van der Waals surface area contributed by atoms with Crippen molar-refractivity contribution in [2.45, 2.75) is 57.2 Å². The highest BCUT2D eigenvalue weighted by Crippen LogP contribution is 2.36. The summed E-state index contributed by atoms with van der Waals surface area (Å²) < 4.78 is 59.6.